The number of aliphatic hydroxyl groups is 1. The first-order chi connectivity index (χ1) is 7.53. The van der Waals surface area contributed by atoms with Crippen molar-refractivity contribution in [2.75, 3.05) is 0 Å². The molecule has 0 saturated heterocycles. The standard InChI is InChI=1S/C13H13NO2/c1-13(2)11-9(10(15)12(13)16)7-5-3-4-6-8(7)14-11/h3-6,12,14,16H,1-2H3/t12-/m1/s1. The highest BCUT2D eigenvalue weighted by molar-refractivity contribution is 6.14. The van der Waals surface area contributed by atoms with Crippen molar-refractivity contribution in [3.05, 3.63) is 35.5 Å². The fourth-order valence-corrected chi connectivity index (χ4v) is 2.48. The van der Waals surface area contributed by atoms with Gasteiger partial charge in [0.2, 0.25) is 0 Å². The summed E-state index contributed by atoms with van der Waals surface area (Å²) in [7, 11) is 0. The van der Waals surface area contributed by atoms with Crippen LogP contribution in [-0.4, -0.2) is 22.0 Å². The van der Waals surface area contributed by atoms with Crippen LogP contribution in [0.5, 0.6) is 0 Å². The van der Waals surface area contributed by atoms with Crippen molar-refractivity contribution in [1.82, 2.24) is 4.98 Å². The second-order valence-corrected chi connectivity index (χ2v) is 4.91. The van der Waals surface area contributed by atoms with Crippen LogP contribution in [0.4, 0.5) is 0 Å². The van der Waals surface area contributed by atoms with E-state index in [0.29, 0.717) is 5.56 Å². The van der Waals surface area contributed by atoms with Gasteiger partial charge in [0, 0.05) is 27.6 Å². The Morgan fingerprint density at radius 1 is 1.31 bits per heavy atom. The molecule has 0 aliphatic heterocycles. The molecule has 0 saturated carbocycles. The number of ketones is 1. The topological polar surface area (TPSA) is 53.1 Å². The molecule has 1 aliphatic carbocycles. The van der Waals surface area contributed by atoms with E-state index in [2.05, 4.69) is 4.98 Å². The number of para-hydroxylation sites is 1. The van der Waals surface area contributed by atoms with Crippen LogP contribution in [0.2, 0.25) is 0 Å². The lowest BCUT2D eigenvalue weighted by Crippen LogP contribution is -2.33. The highest BCUT2D eigenvalue weighted by Gasteiger charge is 2.47. The first-order valence-corrected chi connectivity index (χ1v) is 5.37. The Labute approximate surface area is 93.1 Å². The number of aliphatic hydroxyl groups excluding tert-OH is 1. The summed E-state index contributed by atoms with van der Waals surface area (Å²) in [5.74, 6) is -0.169. The van der Waals surface area contributed by atoms with Crippen LogP contribution in [0.25, 0.3) is 10.9 Å². The molecule has 1 heterocycles. The molecular weight excluding hydrogens is 202 g/mol. The normalized spacial score (nSPS) is 22.7. The van der Waals surface area contributed by atoms with Gasteiger partial charge in [0.1, 0.15) is 6.10 Å². The van der Waals surface area contributed by atoms with Gasteiger partial charge in [-0.05, 0) is 6.07 Å². The van der Waals surface area contributed by atoms with Crippen LogP contribution in [-0.2, 0) is 5.41 Å². The molecular formula is C13H13NO2. The van der Waals surface area contributed by atoms with Crippen molar-refractivity contribution in [3.8, 4) is 0 Å². The molecule has 1 atom stereocenters. The molecule has 2 N–H and O–H groups in total. The summed E-state index contributed by atoms with van der Waals surface area (Å²) in [4.78, 5) is 15.3. The smallest absolute Gasteiger partial charge is 0.194 e. The van der Waals surface area contributed by atoms with Gasteiger partial charge >= 0.3 is 0 Å². The van der Waals surface area contributed by atoms with Crippen molar-refractivity contribution in [3.63, 3.8) is 0 Å². The lowest BCUT2D eigenvalue weighted by Gasteiger charge is -2.21. The molecule has 1 aromatic carbocycles. The van der Waals surface area contributed by atoms with Crippen LogP contribution >= 0.6 is 0 Å². The van der Waals surface area contributed by atoms with E-state index in [0.717, 1.165) is 16.6 Å². The van der Waals surface area contributed by atoms with Gasteiger partial charge in [-0.2, -0.15) is 0 Å². The number of fused-ring (bicyclic) bond motifs is 3. The number of H-pyrrole nitrogens is 1. The average Bonchev–Trinajstić information content (AvgIpc) is 2.72. The number of carbonyl (C=O) groups excluding carboxylic acids is 1. The number of aromatic amines is 1. The first kappa shape index (κ1) is 9.60. The van der Waals surface area contributed by atoms with Crippen molar-refractivity contribution >= 4 is 16.7 Å². The van der Waals surface area contributed by atoms with Gasteiger partial charge in [-0.3, -0.25) is 4.79 Å². The van der Waals surface area contributed by atoms with Crippen LogP contribution < -0.4 is 0 Å². The van der Waals surface area contributed by atoms with Gasteiger partial charge in [-0.1, -0.05) is 32.0 Å². The zero-order valence-corrected chi connectivity index (χ0v) is 9.24. The van der Waals surface area contributed by atoms with Crippen LogP contribution in [0, 0.1) is 0 Å². The van der Waals surface area contributed by atoms with Gasteiger partial charge in [0.05, 0.1) is 0 Å². The number of aromatic nitrogens is 1. The van der Waals surface area contributed by atoms with Gasteiger partial charge in [-0.25, -0.2) is 0 Å². The Morgan fingerprint density at radius 2 is 2.00 bits per heavy atom. The largest absolute Gasteiger partial charge is 0.384 e. The number of nitrogens with one attached hydrogen (secondary N) is 1. The fraction of sp³-hybridized carbons (Fsp3) is 0.308. The number of carbonyl (C=O) groups is 1. The maximum absolute atomic E-state index is 12.0. The van der Waals surface area contributed by atoms with Crippen LogP contribution in [0.1, 0.15) is 29.9 Å². The van der Waals surface area contributed by atoms with Gasteiger partial charge in [-0.15, -0.1) is 0 Å². The predicted octanol–water partition coefficient (Wildman–Crippen LogP) is 2.00. The minimum absolute atomic E-state index is 0.169. The molecule has 1 aromatic heterocycles. The molecule has 0 bridgehead atoms. The third-order valence-corrected chi connectivity index (χ3v) is 3.53. The van der Waals surface area contributed by atoms with Crippen molar-refractivity contribution < 1.29 is 9.90 Å². The highest BCUT2D eigenvalue weighted by atomic mass is 16.3. The summed E-state index contributed by atoms with van der Waals surface area (Å²) < 4.78 is 0. The number of benzene rings is 1. The third kappa shape index (κ3) is 0.938. The van der Waals surface area contributed by atoms with E-state index in [-0.39, 0.29) is 5.78 Å². The van der Waals surface area contributed by atoms with E-state index in [1.54, 1.807) is 0 Å². The molecule has 3 heteroatoms. The molecule has 1 aliphatic rings. The van der Waals surface area contributed by atoms with Crippen LogP contribution in [0.3, 0.4) is 0 Å². The second kappa shape index (κ2) is 2.74. The maximum Gasteiger partial charge on any atom is 0.194 e. The Hall–Kier alpha value is -1.61. The Bertz CT molecular complexity index is 595. The van der Waals surface area contributed by atoms with E-state index in [1.165, 1.54) is 0 Å². The lowest BCUT2D eigenvalue weighted by molar-refractivity contribution is 0.0640. The summed E-state index contributed by atoms with van der Waals surface area (Å²) in [6, 6.07) is 7.70. The molecule has 0 radical (unpaired) electrons. The average molecular weight is 215 g/mol. The van der Waals surface area contributed by atoms with Crippen molar-refractivity contribution in [1.29, 1.82) is 0 Å². The Kier molecular flexibility index (Phi) is 1.64. The minimum Gasteiger partial charge on any atom is -0.384 e. The highest BCUT2D eigenvalue weighted by Crippen LogP contribution is 2.41. The molecule has 82 valence electrons. The van der Waals surface area contributed by atoms with E-state index in [9.17, 15) is 9.90 Å². The molecule has 0 amide bonds. The SMILES string of the molecule is CC1(C)c2[nH]c3ccccc3c2C(=O)[C@H]1O. The van der Waals surface area contributed by atoms with E-state index in [4.69, 9.17) is 0 Å². The zero-order chi connectivity index (χ0) is 11.5. The Morgan fingerprint density at radius 3 is 2.75 bits per heavy atom. The lowest BCUT2D eigenvalue weighted by atomic mass is 9.88. The molecule has 0 fully saturated rings. The predicted molar refractivity (Wildman–Crippen MR) is 61.7 cm³/mol. The summed E-state index contributed by atoms with van der Waals surface area (Å²) in [6.45, 7) is 3.77. The van der Waals surface area contributed by atoms with Crippen molar-refractivity contribution in [2.24, 2.45) is 0 Å². The first-order valence-electron chi connectivity index (χ1n) is 5.37. The minimum atomic E-state index is -0.932. The molecule has 0 unspecified atom stereocenters. The summed E-state index contributed by atoms with van der Waals surface area (Å²) in [5, 5.41) is 10.8. The molecule has 2 aromatic rings. The summed E-state index contributed by atoms with van der Waals surface area (Å²) in [6.07, 6.45) is -0.932. The van der Waals surface area contributed by atoms with Gasteiger partial charge < -0.3 is 10.1 Å². The van der Waals surface area contributed by atoms with Gasteiger partial charge in [0.25, 0.3) is 0 Å². The van der Waals surface area contributed by atoms with Crippen molar-refractivity contribution in [2.45, 2.75) is 25.4 Å². The molecule has 3 rings (SSSR count). The molecule has 3 nitrogen and oxygen atoms in total. The number of hydrogen-bond acceptors (Lipinski definition) is 2. The second-order valence-electron chi connectivity index (χ2n) is 4.91. The monoisotopic (exact) mass is 215 g/mol. The number of hydrogen-bond donors (Lipinski definition) is 2. The quantitative estimate of drug-likeness (QED) is 0.706. The number of Topliss-reactive ketones (excluding diaryl/α,β-unsaturated/α-hetero) is 1. The molecule has 0 spiro atoms. The fourth-order valence-electron chi connectivity index (χ4n) is 2.48. The summed E-state index contributed by atoms with van der Waals surface area (Å²) >= 11 is 0. The van der Waals surface area contributed by atoms with E-state index < -0.39 is 11.5 Å². The Balaban J connectivity index is 2.42. The van der Waals surface area contributed by atoms with Gasteiger partial charge in [0.15, 0.2) is 5.78 Å². The van der Waals surface area contributed by atoms with E-state index >= 15 is 0 Å². The molecule has 16 heavy (non-hydrogen) atoms. The van der Waals surface area contributed by atoms with Crippen LogP contribution in [0.15, 0.2) is 24.3 Å². The maximum atomic E-state index is 12.0. The third-order valence-electron chi connectivity index (χ3n) is 3.53. The summed E-state index contributed by atoms with van der Waals surface area (Å²) in [5.41, 5.74) is 1.95. The number of rotatable bonds is 0. The van der Waals surface area contributed by atoms with E-state index in [1.807, 2.05) is 38.1 Å². The zero-order valence-electron chi connectivity index (χ0n) is 9.24.